The number of hydrogen-bond acceptors (Lipinski definition) is 6. The number of nitrogens with zero attached hydrogens (tertiary/aromatic N) is 1. The van der Waals surface area contributed by atoms with Crippen molar-refractivity contribution in [3.63, 3.8) is 0 Å². The van der Waals surface area contributed by atoms with Crippen molar-refractivity contribution in [2.75, 3.05) is 20.2 Å². The molecule has 2 heterocycles. The number of furan rings is 1. The molecule has 0 saturated carbocycles. The zero-order valence-electron chi connectivity index (χ0n) is 9.83. The van der Waals surface area contributed by atoms with Gasteiger partial charge in [0.05, 0.1) is 7.11 Å². The van der Waals surface area contributed by atoms with Gasteiger partial charge in [-0.2, -0.15) is 4.31 Å². The van der Waals surface area contributed by atoms with Crippen molar-refractivity contribution >= 4 is 16.0 Å². The molecule has 0 amide bonds. The molecule has 100 valence electrons. The first-order valence-electron chi connectivity index (χ1n) is 5.39. The summed E-state index contributed by atoms with van der Waals surface area (Å²) in [6.07, 6.45) is 0.615. The molecule has 0 aromatic carbocycles. The lowest BCUT2D eigenvalue weighted by Gasteiger charge is -2.13. The van der Waals surface area contributed by atoms with Crippen LogP contribution in [0, 0.1) is 0 Å². The second kappa shape index (κ2) is 4.71. The SMILES string of the molecule is COC(=O)c1ccc(S(=O)(=O)N2CCC(N)C2)o1. The molecule has 1 saturated heterocycles. The highest BCUT2D eigenvalue weighted by molar-refractivity contribution is 7.89. The zero-order chi connectivity index (χ0) is 13.3. The molecule has 0 aliphatic carbocycles. The first kappa shape index (κ1) is 13.1. The maximum Gasteiger partial charge on any atom is 0.374 e. The van der Waals surface area contributed by atoms with Crippen molar-refractivity contribution in [1.82, 2.24) is 4.31 Å². The molecular weight excluding hydrogens is 260 g/mol. The van der Waals surface area contributed by atoms with E-state index in [1.54, 1.807) is 0 Å². The van der Waals surface area contributed by atoms with Crippen LogP contribution in [0.2, 0.25) is 0 Å². The number of sulfonamides is 1. The van der Waals surface area contributed by atoms with Crippen LogP contribution in [0.3, 0.4) is 0 Å². The van der Waals surface area contributed by atoms with Gasteiger partial charge >= 0.3 is 5.97 Å². The molecule has 1 unspecified atom stereocenters. The number of methoxy groups -OCH3 is 1. The second-order valence-electron chi connectivity index (χ2n) is 4.02. The molecule has 2 N–H and O–H groups in total. The van der Waals surface area contributed by atoms with Gasteiger partial charge in [0.1, 0.15) is 0 Å². The smallest absolute Gasteiger partial charge is 0.374 e. The molecule has 1 fully saturated rings. The minimum Gasteiger partial charge on any atom is -0.463 e. The van der Waals surface area contributed by atoms with E-state index < -0.39 is 16.0 Å². The molecular formula is C10H14N2O5S. The van der Waals surface area contributed by atoms with Gasteiger partial charge in [0.25, 0.3) is 10.0 Å². The second-order valence-corrected chi connectivity index (χ2v) is 5.89. The van der Waals surface area contributed by atoms with E-state index in [-0.39, 0.29) is 23.4 Å². The Morgan fingerprint density at radius 3 is 2.83 bits per heavy atom. The van der Waals surface area contributed by atoms with Crippen molar-refractivity contribution in [1.29, 1.82) is 0 Å². The quantitative estimate of drug-likeness (QED) is 0.765. The van der Waals surface area contributed by atoms with Crippen molar-refractivity contribution < 1.29 is 22.4 Å². The predicted octanol–water partition coefficient (Wildman–Crippen LogP) is -0.212. The lowest BCUT2D eigenvalue weighted by molar-refractivity contribution is 0.0558. The van der Waals surface area contributed by atoms with Gasteiger partial charge in [0.15, 0.2) is 0 Å². The van der Waals surface area contributed by atoms with Crippen LogP contribution in [-0.4, -0.2) is 44.9 Å². The summed E-state index contributed by atoms with van der Waals surface area (Å²) in [7, 11) is -2.52. The Kier molecular flexibility index (Phi) is 3.42. The topological polar surface area (TPSA) is 103 Å². The van der Waals surface area contributed by atoms with Gasteiger partial charge in [0, 0.05) is 19.1 Å². The monoisotopic (exact) mass is 274 g/mol. The van der Waals surface area contributed by atoms with Crippen LogP contribution in [0.15, 0.2) is 21.6 Å². The van der Waals surface area contributed by atoms with Crippen molar-refractivity contribution in [2.24, 2.45) is 5.73 Å². The molecule has 0 spiro atoms. The largest absolute Gasteiger partial charge is 0.463 e. The van der Waals surface area contributed by atoms with Crippen molar-refractivity contribution in [3.05, 3.63) is 17.9 Å². The Morgan fingerprint density at radius 2 is 2.28 bits per heavy atom. The van der Waals surface area contributed by atoms with Crippen LogP contribution in [0.5, 0.6) is 0 Å². The maximum absolute atomic E-state index is 12.1. The third kappa shape index (κ3) is 2.26. The zero-order valence-corrected chi connectivity index (χ0v) is 10.6. The van der Waals surface area contributed by atoms with E-state index >= 15 is 0 Å². The lowest BCUT2D eigenvalue weighted by atomic mass is 10.3. The predicted molar refractivity (Wildman–Crippen MR) is 61.4 cm³/mol. The number of carbonyl (C=O) groups is 1. The van der Waals surface area contributed by atoms with E-state index in [2.05, 4.69) is 4.74 Å². The highest BCUT2D eigenvalue weighted by atomic mass is 32.2. The fourth-order valence-corrected chi connectivity index (χ4v) is 3.19. The summed E-state index contributed by atoms with van der Waals surface area (Å²) in [6, 6.07) is 2.36. The summed E-state index contributed by atoms with van der Waals surface area (Å²) in [6.45, 7) is 0.619. The minimum absolute atomic E-state index is 0.139. The Bertz CT molecular complexity index is 550. The Labute approximate surface area is 105 Å². The van der Waals surface area contributed by atoms with Crippen molar-refractivity contribution in [2.45, 2.75) is 17.6 Å². The molecule has 8 heteroatoms. The molecule has 0 bridgehead atoms. The summed E-state index contributed by atoms with van der Waals surface area (Å²) in [4.78, 5) is 11.2. The third-order valence-electron chi connectivity index (χ3n) is 2.75. The molecule has 0 radical (unpaired) electrons. The molecule has 2 rings (SSSR count). The molecule has 1 aromatic rings. The van der Waals surface area contributed by atoms with Gasteiger partial charge in [-0.3, -0.25) is 0 Å². The van der Waals surface area contributed by atoms with E-state index in [1.807, 2.05) is 0 Å². The average molecular weight is 274 g/mol. The highest BCUT2D eigenvalue weighted by Crippen LogP contribution is 2.22. The first-order valence-corrected chi connectivity index (χ1v) is 6.83. The number of carbonyl (C=O) groups excluding carboxylic acids is 1. The van der Waals surface area contributed by atoms with E-state index in [4.69, 9.17) is 10.2 Å². The molecule has 1 aliphatic rings. The highest BCUT2D eigenvalue weighted by Gasteiger charge is 2.33. The summed E-state index contributed by atoms with van der Waals surface area (Å²) in [5.41, 5.74) is 5.66. The van der Waals surface area contributed by atoms with E-state index in [1.165, 1.54) is 23.5 Å². The number of rotatable bonds is 3. The summed E-state index contributed by atoms with van der Waals surface area (Å²) < 4.78 is 35.0. The van der Waals surface area contributed by atoms with E-state index in [0.29, 0.717) is 13.0 Å². The maximum atomic E-state index is 12.1. The van der Waals surface area contributed by atoms with Crippen LogP contribution < -0.4 is 5.73 Å². The fourth-order valence-electron chi connectivity index (χ4n) is 1.77. The van der Waals surface area contributed by atoms with Gasteiger partial charge < -0.3 is 14.9 Å². The molecule has 1 aliphatic heterocycles. The third-order valence-corrected chi connectivity index (χ3v) is 4.49. The standard InChI is InChI=1S/C10H14N2O5S/c1-16-10(13)8-2-3-9(17-8)18(14,15)12-5-4-7(11)6-12/h2-3,7H,4-6,11H2,1H3. The van der Waals surface area contributed by atoms with E-state index in [0.717, 1.165) is 0 Å². The Hall–Kier alpha value is -1.38. The molecule has 1 aromatic heterocycles. The number of hydrogen-bond donors (Lipinski definition) is 1. The van der Waals surface area contributed by atoms with Gasteiger partial charge in [-0.15, -0.1) is 0 Å². The van der Waals surface area contributed by atoms with Gasteiger partial charge in [-0.1, -0.05) is 0 Å². The minimum atomic E-state index is -3.71. The first-order chi connectivity index (χ1) is 8.45. The summed E-state index contributed by atoms with van der Waals surface area (Å²) in [5.74, 6) is -0.853. The van der Waals surface area contributed by atoms with Crippen molar-refractivity contribution in [3.8, 4) is 0 Å². The summed E-state index contributed by atoms with van der Waals surface area (Å²) in [5, 5.41) is -0.267. The summed E-state index contributed by atoms with van der Waals surface area (Å²) >= 11 is 0. The number of ether oxygens (including phenoxy) is 1. The van der Waals surface area contributed by atoms with Gasteiger partial charge in [-0.05, 0) is 18.6 Å². The number of nitrogens with two attached hydrogens (primary N) is 1. The van der Waals surface area contributed by atoms with Crippen LogP contribution in [0.25, 0.3) is 0 Å². The normalized spacial score (nSPS) is 21.1. The average Bonchev–Trinajstić information content (AvgIpc) is 2.96. The fraction of sp³-hybridized carbons (Fsp3) is 0.500. The van der Waals surface area contributed by atoms with Crippen LogP contribution >= 0.6 is 0 Å². The lowest BCUT2D eigenvalue weighted by Crippen LogP contribution is -2.31. The van der Waals surface area contributed by atoms with E-state index in [9.17, 15) is 13.2 Å². The van der Waals surface area contributed by atoms with Crippen LogP contribution in [0.1, 0.15) is 17.0 Å². The Morgan fingerprint density at radius 1 is 1.56 bits per heavy atom. The van der Waals surface area contributed by atoms with Crippen LogP contribution in [0.4, 0.5) is 0 Å². The molecule has 18 heavy (non-hydrogen) atoms. The van der Waals surface area contributed by atoms with Crippen LogP contribution in [-0.2, 0) is 14.8 Å². The Balaban J connectivity index is 2.25. The number of esters is 1. The van der Waals surface area contributed by atoms with Gasteiger partial charge in [0.2, 0.25) is 10.9 Å². The molecule has 7 nitrogen and oxygen atoms in total. The van der Waals surface area contributed by atoms with Gasteiger partial charge in [-0.25, -0.2) is 13.2 Å². The molecule has 1 atom stereocenters.